The second-order valence-corrected chi connectivity index (χ2v) is 12.5. The van der Waals surface area contributed by atoms with Crippen molar-refractivity contribution in [2.75, 3.05) is 39.3 Å². The van der Waals surface area contributed by atoms with E-state index >= 15 is 0 Å². The fourth-order valence-corrected chi connectivity index (χ4v) is 5.34. The highest BCUT2D eigenvalue weighted by atomic mass is 16.2. The van der Waals surface area contributed by atoms with Gasteiger partial charge >= 0.3 is 0 Å². The van der Waals surface area contributed by atoms with Crippen molar-refractivity contribution in [3.63, 3.8) is 0 Å². The van der Waals surface area contributed by atoms with Crippen LogP contribution in [0.25, 0.3) is 0 Å². The van der Waals surface area contributed by atoms with Crippen molar-refractivity contribution < 1.29 is 9.59 Å². The van der Waals surface area contributed by atoms with E-state index in [-0.39, 0.29) is 11.8 Å². The molecule has 0 aliphatic heterocycles. The van der Waals surface area contributed by atoms with E-state index in [2.05, 4.69) is 35.1 Å². The average Bonchev–Trinajstić information content (AvgIpc) is 2.99. The van der Waals surface area contributed by atoms with Crippen molar-refractivity contribution in [3.8, 4) is 0 Å². The smallest absolute Gasteiger partial charge is 0.221 e. The van der Waals surface area contributed by atoms with E-state index < -0.39 is 0 Å². The number of nitrogens with one attached hydrogen (secondary N) is 4. The molecule has 0 aromatic rings. The summed E-state index contributed by atoms with van der Waals surface area (Å²) in [6.45, 7) is 10.1. The average molecular weight is 595 g/mol. The van der Waals surface area contributed by atoms with Gasteiger partial charge in [-0.3, -0.25) is 9.59 Å². The molecule has 0 bridgehead atoms. The first-order chi connectivity index (χ1) is 20.7. The summed E-state index contributed by atoms with van der Waals surface area (Å²) in [5.74, 6) is 0.409. The lowest BCUT2D eigenvalue weighted by Crippen LogP contribution is -2.28. The van der Waals surface area contributed by atoms with Crippen LogP contribution in [0.15, 0.2) is 0 Å². The second-order valence-electron chi connectivity index (χ2n) is 12.5. The minimum absolute atomic E-state index is 0.181. The van der Waals surface area contributed by atoms with Crippen LogP contribution >= 0.6 is 0 Å². The zero-order chi connectivity index (χ0) is 30.6. The lowest BCUT2D eigenvalue weighted by Gasteiger charge is -2.08. The van der Waals surface area contributed by atoms with Gasteiger partial charge < -0.3 is 21.3 Å². The maximum atomic E-state index is 12.0. The van der Waals surface area contributed by atoms with E-state index in [0.29, 0.717) is 12.8 Å². The maximum absolute atomic E-state index is 12.0. The Labute approximate surface area is 262 Å². The van der Waals surface area contributed by atoms with Gasteiger partial charge in [0.2, 0.25) is 11.8 Å². The maximum Gasteiger partial charge on any atom is 0.221 e. The van der Waals surface area contributed by atoms with Crippen molar-refractivity contribution in [2.24, 2.45) is 0 Å². The summed E-state index contributed by atoms with van der Waals surface area (Å²) in [7, 11) is 0. The Kier molecular flexibility index (Phi) is 35.1. The minimum Gasteiger partial charge on any atom is -0.356 e. The van der Waals surface area contributed by atoms with Crippen molar-refractivity contribution in [3.05, 3.63) is 0 Å². The van der Waals surface area contributed by atoms with Gasteiger partial charge in [-0.05, 0) is 58.2 Å². The Morgan fingerprint density at radius 1 is 0.333 bits per heavy atom. The summed E-state index contributed by atoms with van der Waals surface area (Å²) in [5.41, 5.74) is 0. The molecule has 0 spiro atoms. The molecule has 0 heterocycles. The molecule has 0 unspecified atom stereocenters. The third kappa shape index (κ3) is 35.1. The Morgan fingerprint density at radius 2 is 0.643 bits per heavy atom. The van der Waals surface area contributed by atoms with Crippen LogP contribution in [-0.4, -0.2) is 51.1 Å². The first kappa shape index (κ1) is 40.9. The highest BCUT2D eigenvalue weighted by Gasteiger charge is 2.02. The topological polar surface area (TPSA) is 82.3 Å². The fourth-order valence-electron chi connectivity index (χ4n) is 5.34. The monoisotopic (exact) mass is 595 g/mol. The molecule has 0 saturated carbocycles. The molecule has 0 rings (SSSR count). The molecule has 4 N–H and O–H groups in total. The molecular weight excluding hydrogens is 520 g/mol. The molecule has 0 saturated heterocycles. The summed E-state index contributed by atoms with van der Waals surface area (Å²) in [6.07, 6.45) is 31.8. The Hall–Kier alpha value is -1.14. The number of carbonyl (C=O) groups is 2. The second kappa shape index (κ2) is 36.1. The number of unbranched alkanes of at least 4 members (excludes halogenated alkanes) is 20. The van der Waals surface area contributed by atoms with E-state index in [9.17, 15) is 9.59 Å². The normalized spacial score (nSPS) is 11.2. The molecule has 42 heavy (non-hydrogen) atoms. The van der Waals surface area contributed by atoms with Crippen LogP contribution in [0.3, 0.4) is 0 Å². The predicted octanol–water partition coefficient (Wildman–Crippen LogP) is 8.58. The molecular formula is C36H74N4O2. The van der Waals surface area contributed by atoms with Gasteiger partial charge in [-0.15, -0.1) is 0 Å². The largest absolute Gasteiger partial charge is 0.356 e. The van der Waals surface area contributed by atoms with E-state index in [1.807, 2.05) is 0 Å². The summed E-state index contributed by atoms with van der Waals surface area (Å²) in [6, 6.07) is 0. The molecule has 6 heteroatoms. The summed E-state index contributed by atoms with van der Waals surface area (Å²) < 4.78 is 0. The molecule has 0 fully saturated rings. The van der Waals surface area contributed by atoms with Crippen molar-refractivity contribution in [1.82, 2.24) is 21.3 Å². The minimum atomic E-state index is 0.181. The molecule has 0 aromatic carbocycles. The third-order valence-electron chi connectivity index (χ3n) is 8.20. The first-order valence-corrected chi connectivity index (χ1v) is 18.7. The molecule has 0 atom stereocenters. The van der Waals surface area contributed by atoms with Crippen molar-refractivity contribution in [1.29, 1.82) is 0 Å². The van der Waals surface area contributed by atoms with Crippen LogP contribution in [0.5, 0.6) is 0 Å². The summed E-state index contributed by atoms with van der Waals surface area (Å²) in [4.78, 5) is 23.9. The van der Waals surface area contributed by atoms with Gasteiger partial charge in [0.1, 0.15) is 0 Å². The van der Waals surface area contributed by atoms with Crippen molar-refractivity contribution in [2.45, 2.75) is 181 Å². The SMILES string of the molecule is CCCCCCCCCCCNC(=O)CCCCCNCCCCCNCCC(=O)NCCCCCCCCCCC. The highest BCUT2D eigenvalue weighted by molar-refractivity contribution is 5.76. The zero-order valence-electron chi connectivity index (χ0n) is 28.4. The van der Waals surface area contributed by atoms with Crippen LogP contribution in [-0.2, 0) is 9.59 Å². The van der Waals surface area contributed by atoms with Gasteiger partial charge in [0.25, 0.3) is 0 Å². The zero-order valence-corrected chi connectivity index (χ0v) is 28.4. The number of rotatable bonds is 35. The van der Waals surface area contributed by atoms with Gasteiger partial charge in [-0.1, -0.05) is 129 Å². The fraction of sp³-hybridized carbons (Fsp3) is 0.944. The molecule has 0 radical (unpaired) electrons. The lowest BCUT2D eigenvalue weighted by molar-refractivity contribution is -0.121. The summed E-state index contributed by atoms with van der Waals surface area (Å²) >= 11 is 0. The van der Waals surface area contributed by atoms with Gasteiger partial charge in [0.15, 0.2) is 0 Å². The number of carbonyl (C=O) groups excluding carboxylic acids is 2. The molecule has 2 amide bonds. The van der Waals surface area contributed by atoms with Gasteiger partial charge in [0.05, 0.1) is 0 Å². The van der Waals surface area contributed by atoms with Crippen LogP contribution in [0.4, 0.5) is 0 Å². The predicted molar refractivity (Wildman–Crippen MR) is 183 cm³/mol. The Balaban J connectivity index is 3.21. The van der Waals surface area contributed by atoms with Crippen LogP contribution in [0.1, 0.15) is 181 Å². The summed E-state index contributed by atoms with van der Waals surface area (Å²) in [5, 5.41) is 13.1. The molecule has 0 aliphatic carbocycles. The molecule has 250 valence electrons. The number of hydrogen-bond acceptors (Lipinski definition) is 4. The molecule has 0 aromatic heterocycles. The van der Waals surface area contributed by atoms with E-state index in [1.54, 1.807) is 0 Å². The molecule has 0 aliphatic rings. The first-order valence-electron chi connectivity index (χ1n) is 18.7. The third-order valence-corrected chi connectivity index (χ3v) is 8.20. The molecule has 6 nitrogen and oxygen atoms in total. The van der Waals surface area contributed by atoms with Crippen LogP contribution in [0.2, 0.25) is 0 Å². The Morgan fingerprint density at radius 3 is 1.10 bits per heavy atom. The van der Waals surface area contributed by atoms with Crippen molar-refractivity contribution >= 4 is 11.8 Å². The van der Waals surface area contributed by atoms with Crippen LogP contribution in [0, 0.1) is 0 Å². The van der Waals surface area contributed by atoms with E-state index in [0.717, 1.165) is 77.8 Å². The standard InChI is InChI=1S/C36H74N4O2/c1-3-5-7-9-11-13-15-17-25-32-39-35(41)27-21-19-22-29-37-30-23-20-24-31-38-34-28-36(42)40-33-26-18-16-14-12-10-8-6-4-2/h37-38H,3-34H2,1-2H3,(H,39,41)(H,40,42). The lowest BCUT2D eigenvalue weighted by atomic mass is 10.1. The van der Waals surface area contributed by atoms with E-state index in [4.69, 9.17) is 0 Å². The number of amides is 2. The van der Waals surface area contributed by atoms with Gasteiger partial charge in [-0.25, -0.2) is 0 Å². The highest BCUT2D eigenvalue weighted by Crippen LogP contribution is 2.10. The quantitative estimate of drug-likeness (QED) is 0.0554. The Bertz CT molecular complexity index is 511. The van der Waals surface area contributed by atoms with Gasteiger partial charge in [0, 0.05) is 32.5 Å². The number of hydrogen-bond donors (Lipinski definition) is 4. The van der Waals surface area contributed by atoms with Gasteiger partial charge in [-0.2, -0.15) is 0 Å². The van der Waals surface area contributed by atoms with E-state index in [1.165, 1.54) is 116 Å². The van der Waals surface area contributed by atoms with Crippen LogP contribution < -0.4 is 21.3 Å².